The van der Waals surface area contributed by atoms with Crippen LogP contribution in [0.5, 0.6) is 0 Å². The van der Waals surface area contributed by atoms with Crippen molar-refractivity contribution in [3.8, 4) is 0 Å². The first-order valence-corrected chi connectivity index (χ1v) is 5.25. The molecule has 0 saturated heterocycles. The van der Waals surface area contributed by atoms with Crippen LogP contribution in [0, 0.1) is 5.92 Å². The molecule has 0 aliphatic carbocycles. The molecular formula is C12H13N3O. The Balaban J connectivity index is 2.41. The van der Waals surface area contributed by atoms with Crippen LogP contribution in [-0.2, 0) is 11.2 Å². The summed E-state index contributed by atoms with van der Waals surface area (Å²) >= 11 is 0. The molecule has 4 heteroatoms. The first-order chi connectivity index (χ1) is 7.69. The number of carbonyl (C=O) groups excluding carboxylic acids is 1. The largest absolute Gasteiger partial charge is 0.342 e. The average molecular weight is 215 g/mol. The minimum absolute atomic E-state index is 0.563. The molecule has 0 radical (unpaired) electrons. The average Bonchev–Trinajstić information content (AvgIpc) is 2.58. The molecule has 0 atom stereocenters. The minimum Gasteiger partial charge on any atom is -0.342 e. The molecule has 82 valence electrons. The zero-order valence-electron chi connectivity index (χ0n) is 9.32. The zero-order valence-corrected chi connectivity index (χ0v) is 9.32. The lowest BCUT2D eigenvalue weighted by molar-refractivity contribution is 0.565. The van der Waals surface area contributed by atoms with E-state index in [1.54, 1.807) is 12.1 Å². The van der Waals surface area contributed by atoms with Crippen molar-refractivity contribution in [3.05, 3.63) is 24.0 Å². The number of aliphatic imine (C=N–C) groups is 1. The van der Waals surface area contributed by atoms with Gasteiger partial charge in [0.05, 0.1) is 16.7 Å². The monoisotopic (exact) mass is 215 g/mol. The summed E-state index contributed by atoms with van der Waals surface area (Å²) in [4.78, 5) is 21.4. The molecule has 0 fully saturated rings. The van der Waals surface area contributed by atoms with Gasteiger partial charge in [0.1, 0.15) is 5.82 Å². The highest BCUT2D eigenvalue weighted by atomic mass is 16.1. The number of H-pyrrole nitrogens is 1. The number of imidazole rings is 1. The fourth-order valence-corrected chi connectivity index (χ4v) is 1.66. The molecule has 1 aromatic heterocycles. The third kappa shape index (κ3) is 2.18. The Hall–Kier alpha value is -1.93. The highest BCUT2D eigenvalue weighted by Crippen LogP contribution is 2.19. The Morgan fingerprint density at radius 3 is 3.00 bits per heavy atom. The van der Waals surface area contributed by atoms with Crippen LogP contribution in [0.3, 0.4) is 0 Å². The number of hydrogen-bond donors (Lipinski definition) is 1. The number of fused-ring (bicyclic) bond motifs is 1. The van der Waals surface area contributed by atoms with Gasteiger partial charge in [-0.1, -0.05) is 13.8 Å². The summed E-state index contributed by atoms with van der Waals surface area (Å²) in [7, 11) is 0. The fourth-order valence-electron chi connectivity index (χ4n) is 1.66. The Morgan fingerprint density at radius 2 is 2.31 bits per heavy atom. The van der Waals surface area contributed by atoms with Crippen LogP contribution >= 0.6 is 0 Å². The van der Waals surface area contributed by atoms with Crippen molar-refractivity contribution in [2.45, 2.75) is 20.3 Å². The summed E-state index contributed by atoms with van der Waals surface area (Å²) in [5.74, 6) is 1.53. The maximum Gasteiger partial charge on any atom is 0.240 e. The number of nitrogens with zero attached hydrogens (tertiary/aromatic N) is 2. The topological polar surface area (TPSA) is 58.1 Å². The molecule has 1 heterocycles. The predicted octanol–water partition coefficient (Wildman–Crippen LogP) is 2.73. The first kappa shape index (κ1) is 10.6. The lowest BCUT2D eigenvalue weighted by atomic mass is 10.1. The van der Waals surface area contributed by atoms with Crippen molar-refractivity contribution >= 4 is 22.8 Å². The van der Waals surface area contributed by atoms with Crippen molar-refractivity contribution in [3.63, 3.8) is 0 Å². The van der Waals surface area contributed by atoms with E-state index in [2.05, 4.69) is 28.8 Å². The molecule has 0 aliphatic rings. The van der Waals surface area contributed by atoms with Gasteiger partial charge < -0.3 is 4.98 Å². The van der Waals surface area contributed by atoms with E-state index in [0.29, 0.717) is 11.6 Å². The summed E-state index contributed by atoms with van der Waals surface area (Å²) in [6, 6.07) is 5.41. The predicted molar refractivity (Wildman–Crippen MR) is 62.4 cm³/mol. The summed E-state index contributed by atoms with van der Waals surface area (Å²) in [6.45, 7) is 4.30. The second kappa shape index (κ2) is 4.29. The smallest absolute Gasteiger partial charge is 0.240 e. The molecular weight excluding hydrogens is 202 g/mol. The standard InChI is InChI=1S/C12H13N3O/c1-8(2)5-12-14-10-4-3-9(13-7-16)6-11(10)15-12/h3-4,6,8H,5H2,1-2H3,(H,14,15). The van der Waals surface area contributed by atoms with Gasteiger partial charge >= 0.3 is 0 Å². The second-order valence-corrected chi connectivity index (χ2v) is 4.19. The van der Waals surface area contributed by atoms with Gasteiger partial charge in [-0.3, -0.25) is 0 Å². The molecule has 0 saturated carbocycles. The highest BCUT2D eigenvalue weighted by Gasteiger charge is 2.05. The maximum absolute atomic E-state index is 10.1. The van der Waals surface area contributed by atoms with E-state index >= 15 is 0 Å². The second-order valence-electron chi connectivity index (χ2n) is 4.19. The Morgan fingerprint density at radius 1 is 1.50 bits per heavy atom. The van der Waals surface area contributed by atoms with Gasteiger partial charge in [0.2, 0.25) is 6.08 Å². The number of aromatic nitrogens is 2. The van der Waals surface area contributed by atoms with E-state index in [-0.39, 0.29) is 0 Å². The molecule has 0 aliphatic heterocycles. The Kier molecular flexibility index (Phi) is 2.84. The number of benzene rings is 1. The molecule has 2 rings (SSSR count). The van der Waals surface area contributed by atoms with Gasteiger partial charge in [-0.05, 0) is 24.1 Å². The molecule has 1 aromatic carbocycles. The number of aromatic amines is 1. The molecule has 0 amide bonds. The fraction of sp³-hybridized carbons (Fsp3) is 0.333. The normalized spacial score (nSPS) is 10.7. The van der Waals surface area contributed by atoms with E-state index in [9.17, 15) is 4.79 Å². The van der Waals surface area contributed by atoms with Gasteiger partial charge in [0.25, 0.3) is 0 Å². The summed E-state index contributed by atoms with van der Waals surface area (Å²) in [5, 5.41) is 0. The SMILES string of the molecule is CC(C)Cc1nc2ccc(N=C=O)cc2[nH]1. The lowest BCUT2D eigenvalue weighted by Gasteiger charge is -1.98. The van der Waals surface area contributed by atoms with E-state index in [1.807, 2.05) is 6.07 Å². The van der Waals surface area contributed by atoms with E-state index < -0.39 is 0 Å². The first-order valence-electron chi connectivity index (χ1n) is 5.25. The van der Waals surface area contributed by atoms with Crippen LogP contribution in [0.1, 0.15) is 19.7 Å². The van der Waals surface area contributed by atoms with Gasteiger partial charge in [-0.15, -0.1) is 0 Å². The molecule has 16 heavy (non-hydrogen) atoms. The molecule has 0 unspecified atom stereocenters. The Bertz CT molecular complexity index is 550. The number of nitrogens with one attached hydrogen (secondary N) is 1. The zero-order chi connectivity index (χ0) is 11.5. The maximum atomic E-state index is 10.1. The molecule has 0 bridgehead atoms. The third-order valence-corrected chi connectivity index (χ3v) is 2.29. The third-order valence-electron chi connectivity index (χ3n) is 2.29. The minimum atomic E-state index is 0.563. The summed E-state index contributed by atoms with van der Waals surface area (Å²) in [6.07, 6.45) is 2.45. The van der Waals surface area contributed by atoms with Crippen LogP contribution in [0.25, 0.3) is 11.0 Å². The highest BCUT2D eigenvalue weighted by molar-refractivity contribution is 5.79. The molecule has 4 nitrogen and oxygen atoms in total. The molecule has 1 N–H and O–H groups in total. The van der Waals surface area contributed by atoms with Crippen molar-refractivity contribution in [1.29, 1.82) is 0 Å². The van der Waals surface area contributed by atoms with Crippen molar-refractivity contribution in [1.82, 2.24) is 9.97 Å². The number of rotatable bonds is 3. The quantitative estimate of drug-likeness (QED) is 0.632. The lowest BCUT2D eigenvalue weighted by Crippen LogP contribution is -1.95. The summed E-state index contributed by atoms with van der Waals surface area (Å²) < 4.78 is 0. The number of hydrogen-bond acceptors (Lipinski definition) is 3. The van der Waals surface area contributed by atoms with E-state index in [4.69, 9.17) is 0 Å². The van der Waals surface area contributed by atoms with E-state index in [0.717, 1.165) is 23.3 Å². The van der Waals surface area contributed by atoms with Crippen molar-refractivity contribution in [2.75, 3.05) is 0 Å². The van der Waals surface area contributed by atoms with Crippen LogP contribution < -0.4 is 0 Å². The molecule has 2 aromatic rings. The van der Waals surface area contributed by atoms with Crippen LogP contribution in [-0.4, -0.2) is 16.0 Å². The van der Waals surface area contributed by atoms with Gasteiger partial charge in [-0.2, -0.15) is 4.99 Å². The van der Waals surface area contributed by atoms with Gasteiger partial charge in [-0.25, -0.2) is 9.78 Å². The van der Waals surface area contributed by atoms with Gasteiger partial charge in [0, 0.05) is 6.42 Å². The van der Waals surface area contributed by atoms with Crippen LogP contribution in [0.4, 0.5) is 5.69 Å². The van der Waals surface area contributed by atoms with Crippen molar-refractivity contribution < 1.29 is 4.79 Å². The molecule has 0 spiro atoms. The Labute approximate surface area is 93.4 Å². The number of isocyanates is 1. The van der Waals surface area contributed by atoms with Crippen LogP contribution in [0.15, 0.2) is 23.2 Å². The van der Waals surface area contributed by atoms with E-state index in [1.165, 1.54) is 6.08 Å². The van der Waals surface area contributed by atoms with Crippen molar-refractivity contribution in [2.24, 2.45) is 10.9 Å². The van der Waals surface area contributed by atoms with Crippen LogP contribution in [0.2, 0.25) is 0 Å². The van der Waals surface area contributed by atoms with Gasteiger partial charge in [0.15, 0.2) is 0 Å². The summed E-state index contributed by atoms with van der Waals surface area (Å²) in [5.41, 5.74) is 2.41.